The van der Waals surface area contributed by atoms with Crippen LogP contribution in [-0.4, -0.2) is 41.2 Å². The average molecular weight is 405 g/mol. The van der Waals surface area contributed by atoms with Crippen molar-refractivity contribution in [2.75, 3.05) is 6.54 Å². The molecule has 0 bridgehead atoms. The van der Waals surface area contributed by atoms with E-state index in [1.807, 2.05) is 12.2 Å². The zero-order chi connectivity index (χ0) is 20.3. The van der Waals surface area contributed by atoms with Crippen molar-refractivity contribution in [3.8, 4) is 0 Å². The van der Waals surface area contributed by atoms with Crippen LogP contribution in [0.25, 0.3) is 0 Å². The van der Waals surface area contributed by atoms with Crippen molar-refractivity contribution >= 4 is 35.3 Å². The van der Waals surface area contributed by atoms with Crippen molar-refractivity contribution < 1.29 is 23.9 Å². The quantitative estimate of drug-likeness (QED) is 0.443. The van der Waals surface area contributed by atoms with Crippen LogP contribution in [0.5, 0.6) is 0 Å². The smallest absolute Gasteiger partial charge is 0.326 e. The Hall–Kier alpha value is -2.67. The Morgan fingerprint density at radius 2 is 1.79 bits per heavy atom. The number of benzene rings is 1. The first-order valence-electron chi connectivity index (χ1n) is 9.09. The van der Waals surface area contributed by atoms with Gasteiger partial charge in [-0.15, -0.1) is 0 Å². The number of carbonyl (C=O) groups is 4. The van der Waals surface area contributed by atoms with E-state index in [1.165, 1.54) is 6.92 Å². The molecule has 0 aromatic heterocycles. The number of esters is 1. The highest BCUT2D eigenvalue weighted by molar-refractivity contribution is 6.31. The summed E-state index contributed by atoms with van der Waals surface area (Å²) in [4.78, 5) is 50.0. The van der Waals surface area contributed by atoms with E-state index in [0.29, 0.717) is 17.9 Å². The van der Waals surface area contributed by atoms with Gasteiger partial charge in [0.25, 0.3) is 5.91 Å². The van der Waals surface area contributed by atoms with Crippen LogP contribution in [0, 0.1) is 11.8 Å². The molecule has 28 heavy (non-hydrogen) atoms. The van der Waals surface area contributed by atoms with Crippen molar-refractivity contribution in [1.82, 2.24) is 10.2 Å². The first kappa shape index (κ1) is 20.1. The van der Waals surface area contributed by atoms with Gasteiger partial charge in [-0.2, -0.15) is 0 Å². The number of fused-ring (bicyclic) bond motifs is 1. The summed E-state index contributed by atoms with van der Waals surface area (Å²) in [7, 11) is 0. The Labute approximate surface area is 167 Å². The van der Waals surface area contributed by atoms with Crippen LogP contribution >= 0.6 is 11.6 Å². The van der Waals surface area contributed by atoms with E-state index in [1.54, 1.807) is 24.3 Å². The second kappa shape index (κ2) is 8.56. The highest BCUT2D eigenvalue weighted by atomic mass is 35.5. The van der Waals surface area contributed by atoms with Crippen molar-refractivity contribution in [2.45, 2.75) is 32.4 Å². The zero-order valence-corrected chi connectivity index (χ0v) is 16.1. The summed E-state index contributed by atoms with van der Waals surface area (Å²) in [5, 5.41) is 3.16. The minimum atomic E-state index is -1.06. The molecule has 8 heteroatoms. The van der Waals surface area contributed by atoms with Crippen LogP contribution in [0.4, 0.5) is 0 Å². The molecule has 148 valence electrons. The van der Waals surface area contributed by atoms with Crippen molar-refractivity contribution in [3.63, 3.8) is 0 Å². The number of nitrogens with zero attached hydrogens (tertiary/aromatic N) is 1. The van der Waals surface area contributed by atoms with E-state index in [0.717, 1.165) is 10.5 Å². The van der Waals surface area contributed by atoms with Crippen LogP contribution in [-0.2, 0) is 30.5 Å². The molecule has 0 radical (unpaired) electrons. The molecule has 2 aliphatic rings. The van der Waals surface area contributed by atoms with Crippen molar-refractivity contribution in [1.29, 1.82) is 0 Å². The molecule has 1 fully saturated rings. The van der Waals surface area contributed by atoms with E-state index < -0.39 is 36.4 Å². The topological polar surface area (TPSA) is 92.8 Å². The average Bonchev–Trinajstić information content (AvgIpc) is 2.92. The second-order valence-corrected chi connectivity index (χ2v) is 7.27. The summed E-state index contributed by atoms with van der Waals surface area (Å²) >= 11 is 6.04. The molecule has 0 unspecified atom stereocenters. The van der Waals surface area contributed by atoms with Gasteiger partial charge in [-0.25, -0.2) is 0 Å². The molecular formula is C20H21ClN2O5. The number of ether oxygens (including phenoxy) is 1. The summed E-state index contributed by atoms with van der Waals surface area (Å²) in [6, 6.07) is 7.07. The largest absolute Gasteiger partial charge is 0.451 e. The number of imide groups is 1. The molecule has 3 amide bonds. The molecule has 1 aromatic carbocycles. The molecule has 1 N–H and O–H groups in total. The van der Waals surface area contributed by atoms with Gasteiger partial charge >= 0.3 is 5.97 Å². The van der Waals surface area contributed by atoms with E-state index >= 15 is 0 Å². The lowest BCUT2D eigenvalue weighted by atomic mass is 9.85. The third-order valence-corrected chi connectivity index (χ3v) is 5.34. The fraction of sp³-hybridized carbons (Fsp3) is 0.400. The Kier molecular flexibility index (Phi) is 6.14. The third kappa shape index (κ3) is 4.25. The van der Waals surface area contributed by atoms with Gasteiger partial charge in [-0.1, -0.05) is 42.0 Å². The fourth-order valence-corrected chi connectivity index (χ4v) is 3.61. The number of rotatable bonds is 6. The Balaban J connectivity index is 1.50. The minimum Gasteiger partial charge on any atom is -0.451 e. The van der Waals surface area contributed by atoms with Gasteiger partial charge in [0.2, 0.25) is 11.8 Å². The number of carbonyl (C=O) groups excluding carboxylic acids is 4. The molecule has 1 aliphatic carbocycles. The van der Waals surface area contributed by atoms with Crippen molar-refractivity contribution in [3.05, 3.63) is 47.0 Å². The first-order valence-corrected chi connectivity index (χ1v) is 9.47. The molecule has 3 rings (SSSR count). The maximum Gasteiger partial charge on any atom is 0.326 e. The number of likely N-dealkylation sites (tertiary alicyclic amines) is 1. The fourth-order valence-electron chi connectivity index (χ4n) is 3.41. The van der Waals surface area contributed by atoms with Gasteiger partial charge in [0, 0.05) is 11.6 Å². The third-order valence-electron chi connectivity index (χ3n) is 4.97. The van der Waals surface area contributed by atoms with Crippen molar-refractivity contribution in [2.24, 2.45) is 11.8 Å². The number of hydrogen-bond donors (Lipinski definition) is 1. The highest BCUT2D eigenvalue weighted by Gasteiger charge is 2.47. The molecule has 1 saturated heterocycles. The van der Waals surface area contributed by atoms with E-state index in [2.05, 4.69) is 5.32 Å². The molecule has 0 saturated carbocycles. The molecule has 1 aromatic rings. The number of allylic oxidation sites excluding steroid dienone is 2. The van der Waals surface area contributed by atoms with Gasteiger partial charge in [-0.05, 0) is 31.4 Å². The highest BCUT2D eigenvalue weighted by Crippen LogP contribution is 2.34. The normalized spacial score (nSPS) is 22.0. The SMILES string of the molecule is C[C@H](OC(=O)CN1C(=O)[C@H]2CC=CC[C@@H]2C1=O)C(=O)NCc1ccccc1Cl. The minimum absolute atomic E-state index is 0.194. The van der Waals surface area contributed by atoms with Crippen LogP contribution in [0.1, 0.15) is 25.3 Å². The zero-order valence-electron chi connectivity index (χ0n) is 15.4. The lowest BCUT2D eigenvalue weighted by Crippen LogP contribution is -2.40. The lowest BCUT2D eigenvalue weighted by molar-refractivity contribution is -0.159. The van der Waals surface area contributed by atoms with Gasteiger partial charge in [0.05, 0.1) is 11.8 Å². The van der Waals surface area contributed by atoms with Gasteiger partial charge < -0.3 is 10.1 Å². The van der Waals surface area contributed by atoms with Gasteiger partial charge in [-0.3, -0.25) is 24.1 Å². The van der Waals surface area contributed by atoms with Crippen LogP contribution in [0.15, 0.2) is 36.4 Å². The first-order chi connectivity index (χ1) is 13.4. The Morgan fingerprint density at radius 3 is 2.39 bits per heavy atom. The standard InChI is InChI=1S/C20H21ClN2O5/c1-12(18(25)22-10-13-6-2-5-9-16(13)21)28-17(24)11-23-19(26)14-7-3-4-8-15(14)20(23)27/h2-6,9,12,14-15H,7-8,10-11H2,1H3,(H,22,25)/t12-,14-,15-/m0/s1. The lowest BCUT2D eigenvalue weighted by Gasteiger charge is -2.17. The molecule has 1 aliphatic heterocycles. The van der Waals surface area contributed by atoms with Gasteiger partial charge in [0.1, 0.15) is 6.54 Å². The molecule has 7 nitrogen and oxygen atoms in total. The Morgan fingerprint density at radius 1 is 1.18 bits per heavy atom. The molecule has 3 atom stereocenters. The monoisotopic (exact) mass is 404 g/mol. The number of halogens is 1. The van der Waals surface area contributed by atoms with Crippen LogP contribution < -0.4 is 5.32 Å². The van der Waals surface area contributed by atoms with E-state index in [9.17, 15) is 19.2 Å². The second-order valence-electron chi connectivity index (χ2n) is 6.86. The summed E-state index contributed by atoms with van der Waals surface area (Å²) in [6.45, 7) is 1.14. The molecule has 1 heterocycles. The summed E-state index contributed by atoms with van der Waals surface area (Å²) in [6.07, 6.45) is 3.69. The summed E-state index contributed by atoms with van der Waals surface area (Å²) in [5.74, 6) is -2.80. The molecular weight excluding hydrogens is 384 g/mol. The summed E-state index contributed by atoms with van der Waals surface area (Å²) < 4.78 is 5.10. The van der Waals surface area contributed by atoms with E-state index in [4.69, 9.17) is 16.3 Å². The van der Waals surface area contributed by atoms with Gasteiger partial charge in [0.15, 0.2) is 6.10 Å². The maximum atomic E-state index is 12.4. The Bertz CT molecular complexity index is 812. The van der Waals surface area contributed by atoms with Crippen LogP contribution in [0.2, 0.25) is 5.02 Å². The molecule has 0 spiro atoms. The van der Waals surface area contributed by atoms with Crippen LogP contribution in [0.3, 0.4) is 0 Å². The number of nitrogens with one attached hydrogen (secondary N) is 1. The predicted octanol–water partition coefficient (Wildman–Crippen LogP) is 1.84. The van der Waals surface area contributed by atoms with E-state index in [-0.39, 0.29) is 18.4 Å². The number of hydrogen-bond acceptors (Lipinski definition) is 5. The summed E-state index contributed by atoms with van der Waals surface area (Å²) in [5.41, 5.74) is 0.737. The number of amides is 3. The predicted molar refractivity (Wildman–Crippen MR) is 101 cm³/mol. The maximum absolute atomic E-state index is 12.4.